The van der Waals surface area contributed by atoms with Gasteiger partial charge in [-0.3, -0.25) is 0 Å². The zero-order valence-electron chi connectivity index (χ0n) is 10.9. The third-order valence-electron chi connectivity index (χ3n) is 2.91. The highest BCUT2D eigenvalue weighted by Crippen LogP contribution is 2.33. The molecule has 0 heterocycles. The van der Waals surface area contributed by atoms with E-state index in [0.29, 0.717) is 10.9 Å². The number of aryl methyl sites for hydroxylation is 1. The summed E-state index contributed by atoms with van der Waals surface area (Å²) >= 11 is 6.24. The average molecular weight is 256 g/mol. The predicted molar refractivity (Wildman–Crippen MR) is 74.1 cm³/mol. The molecule has 0 aromatic heterocycles. The van der Waals surface area contributed by atoms with Crippen LogP contribution in [-0.4, -0.2) is 13.7 Å². The van der Waals surface area contributed by atoms with Gasteiger partial charge in [-0.25, -0.2) is 0 Å². The number of hydrogen-bond donors (Lipinski definition) is 1. The molecule has 0 amide bonds. The van der Waals surface area contributed by atoms with E-state index in [0.717, 1.165) is 31.6 Å². The van der Waals surface area contributed by atoms with Crippen molar-refractivity contribution in [2.45, 2.75) is 39.0 Å². The van der Waals surface area contributed by atoms with Crippen LogP contribution in [0.15, 0.2) is 12.1 Å². The second-order valence-corrected chi connectivity index (χ2v) is 5.00. The fourth-order valence-corrected chi connectivity index (χ4v) is 2.21. The summed E-state index contributed by atoms with van der Waals surface area (Å²) in [4.78, 5) is 0. The minimum absolute atomic E-state index is 0.478. The second kappa shape index (κ2) is 6.87. The van der Waals surface area contributed by atoms with Crippen molar-refractivity contribution in [3.05, 3.63) is 28.3 Å². The van der Waals surface area contributed by atoms with E-state index in [1.807, 2.05) is 6.07 Å². The van der Waals surface area contributed by atoms with Crippen LogP contribution in [0.5, 0.6) is 5.75 Å². The molecule has 1 aromatic carbocycles. The van der Waals surface area contributed by atoms with E-state index >= 15 is 0 Å². The highest BCUT2D eigenvalue weighted by molar-refractivity contribution is 6.32. The van der Waals surface area contributed by atoms with Crippen LogP contribution in [0.2, 0.25) is 5.02 Å². The van der Waals surface area contributed by atoms with Gasteiger partial charge >= 0.3 is 0 Å². The molecule has 0 radical (unpaired) electrons. The molecule has 2 N–H and O–H groups in total. The lowest BCUT2D eigenvalue weighted by atomic mass is 9.97. The summed E-state index contributed by atoms with van der Waals surface area (Å²) in [5.74, 6) is 1.29. The van der Waals surface area contributed by atoms with Gasteiger partial charge in [-0.2, -0.15) is 0 Å². The average Bonchev–Trinajstić information content (AvgIpc) is 2.28. The van der Waals surface area contributed by atoms with Crippen molar-refractivity contribution in [1.29, 1.82) is 0 Å². The Balaban J connectivity index is 2.97. The topological polar surface area (TPSA) is 35.2 Å². The Morgan fingerprint density at radius 3 is 2.53 bits per heavy atom. The van der Waals surface area contributed by atoms with E-state index in [-0.39, 0.29) is 0 Å². The maximum Gasteiger partial charge on any atom is 0.140 e. The number of hydrogen-bond acceptors (Lipinski definition) is 2. The normalized spacial score (nSPS) is 10.9. The van der Waals surface area contributed by atoms with E-state index in [2.05, 4.69) is 19.9 Å². The Labute approximate surface area is 109 Å². The lowest BCUT2D eigenvalue weighted by Gasteiger charge is -2.14. The number of ether oxygens (including phenoxy) is 1. The van der Waals surface area contributed by atoms with Crippen LogP contribution in [0.1, 0.15) is 43.7 Å². The maximum absolute atomic E-state index is 6.24. The van der Waals surface area contributed by atoms with E-state index < -0.39 is 0 Å². The molecule has 0 bridgehead atoms. The number of methoxy groups -OCH3 is 1. The maximum atomic E-state index is 6.24. The molecule has 0 saturated heterocycles. The molecule has 1 rings (SSSR count). The molecule has 3 heteroatoms. The first-order valence-electron chi connectivity index (χ1n) is 6.16. The van der Waals surface area contributed by atoms with Gasteiger partial charge in [0.15, 0.2) is 0 Å². The van der Waals surface area contributed by atoms with Gasteiger partial charge < -0.3 is 10.5 Å². The van der Waals surface area contributed by atoms with Crippen LogP contribution < -0.4 is 10.5 Å². The quantitative estimate of drug-likeness (QED) is 0.786. The molecule has 17 heavy (non-hydrogen) atoms. The Kier molecular flexibility index (Phi) is 5.79. The van der Waals surface area contributed by atoms with Gasteiger partial charge in [0.2, 0.25) is 0 Å². The molecule has 0 aliphatic carbocycles. The summed E-state index contributed by atoms with van der Waals surface area (Å²) in [6.07, 6.45) is 3.08. The number of halogens is 1. The molecule has 0 unspecified atom stereocenters. The predicted octanol–water partition coefficient (Wildman–Crippen LogP) is 3.75. The van der Waals surface area contributed by atoms with E-state index in [1.54, 1.807) is 7.11 Å². The fourth-order valence-electron chi connectivity index (χ4n) is 1.88. The molecule has 0 atom stereocenters. The van der Waals surface area contributed by atoms with Gasteiger partial charge in [-0.05, 0) is 48.9 Å². The highest BCUT2D eigenvalue weighted by atomic mass is 35.5. The largest absolute Gasteiger partial charge is 0.495 e. The minimum Gasteiger partial charge on any atom is -0.495 e. The van der Waals surface area contributed by atoms with Crippen LogP contribution in [0, 0.1) is 0 Å². The SMILES string of the molecule is COc1c(Cl)cc(C(C)C)cc1CCCCN. The van der Waals surface area contributed by atoms with Crippen LogP contribution in [-0.2, 0) is 6.42 Å². The summed E-state index contributed by atoms with van der Waals surface area (Å²) in [6.45, 7) is 5.07. The molecule has 0 aliphatic rings. The van der Waals surface area contributed by atoms with E-state index in [1.165, 1.54) is 11.1 Å². The molecule has 0 saturated carbocycles. The summed E-state index contributed by atoms with van der Waals surface area (Å²) < 4.78 is 5.38. The number of nitrogens with two attached hydrogens (primary N) is 1. The molecular weight excluding hydrogens is 234 g/mol. The second-order valence-electron chi connectivity index (χ2n) is 4.60. The first-order chi connectivity index (χ1) is 8.10. The Hall–Kier alpha value is -0.730. The van der Waals surface area contributed by atoms with Gasteiger partial charge in [0.25, 0.3) is 0 Å². The lowest BCUT2D eigenvalue weighted by molar-refractivity contribution is 0.409. The molecule has 1 aromatic rings. The highest BCUT2D eigenvalue weighted by Gasteiger charge is 2.11. The third-order valence-corrected chi connectivity index (χ3v) is 3.19. The van der Waals surface area contributed by atoms with Crippen molar-refractivity contribution in [1.82, 2.24) is 0 Å². The Bertz CT molecular complexity index is 363. The van der Waals surface area contributed by atoms with Crippen LogP contribution in [0.25, 0.3) is 0 Å². The van der Waals surface area contributed by atoms with Crippen molar-refractivity contribution in [2.75, 3.05) is 13.7 Å². The molecular formula is C14H22ClNO. The van der Waals surface area contributed by atoms with E-state index in [9.17, 15) is 0 Å². The summed E-state index contributed by atoms with van der Waals surface area (Å²) in [5.41, 5.74) is 7.97. The van der Waals surface area contributed by atoms with E-state index in [4.69, 9.17) is 22.1 Å². The first-order valence-corrected chi connectivity index (χ1v) is 6.54. The number of unbranched alkanes of at least 4 members (excludes halogenated alkanes) is 1. The molecule has 0 aliphatic heterocycles. The summed E-state index contributed by atoms with van der Waals surface area (Å²) in [5, 5.41) is 0.710. The molecule has 2 nitrogen and oxygen atoms in total. The minimum atomic E-state index is 0.478. The van der Waals surface area contributed by atoms with Crippen molar-refractivity contribution in [3.8, 4) is 5.75 Å². The zero-order valence-corrected chi connectivity index (χ0v) is 11.7. The van der Waals surface area contributed by atoms with Crippen molar-refractivity contribution in [2.24, 2.45) is 5.73 Å². The van der Waals surface area contributed by atoms with Gasteiger partial charge in [0.1, 0.15) is 5.75 Å². The molecule has 0 fully saturated rings. The van der Waals surface area contributed by atoms with Crippen molar-refractivity contribution < 1.29 is 4.74 Å². The van der Waals surface area contributed by atoms with Gasteiger partial charge in [0.05, 0.1) is 12.1 Å². The summed E-state index contributed by atoms with van der Waals surface area (Å²) in [6, 6.07) is 4.20. The molecule has 96 valence electrons. The van der Waals surface area contributed by atoms with Gasteiger partial charge in [0, 0.05) is 0 Å². The molecule has 0 spiro atoms. The van der Waals surface area contributed by atoms with Crippen molar-refractivity contribution in [3.63, 3.8) is 0 Å². The van der Waals surface area contributed by atoms with Crippen LogP contribution in [0.4, 0.5) is 0 Å². The smallest absolute Gasteiger partial charge is 0.140 e. The summed E-state index contributed by atoms with van der Waals surface area (Å²) in [7, 11) is 1.67. The fraction of sp³-hybridized carbons (Fsp3) is 0.571. The lowest BCUT2D eigenvalue weighted by Crippen LogP contribution is -2.01. The third kappa shape index (κ3) is 3.90. The van der Waals surface area contributed by atoms with Crippen LogP contribution in [0.3, 0.4) is 0 Å². The number of rotatable bonds is 6. The van der Waals surface area contributed by atoms with Crippen LogP contribution >= 0.6 is 11.6 Å². The van der Waals surface area contributed by atoms with Gasteiger partial charge in [-0.15, -0.1) is 0 Å². The number of benzene rings is 1. The standard InChI is InChI=1S/C14H22ClNO/c1-10(2)12-8-11(6-4-5-7-16)14(17-3)13(15)9-12/h8-10H,4-7,16H2,1-3H3. The van der Waals surface area contributed by atoms with Gasteiger partial charge in [-0.1, -0.05) is 31.5 Å². The Morgan fingerprint density at radius 2 is 2.00 bits per heavy atom. The zero-order chi connectivity index (χ0) is 12.8. The Morgan fingerprint density at radius 1 is 1.29 bits per heavy atom. The van der Waals surface area contributed by atoms with Crippen molar-refractivity contribution >= 4 is 11.6 Å². The monoisotopic (exact) mass is 255 g/mol. The first kappa shape index (κ1) is 14.3.